The zero-order valence-corrected chi connectivity index (χ0v) is 11.5. The van der Waals surface area contributed by atoms with E-state index in [0.717, 1.165) is 19.9 Å². The average molecular weight is 281 g/mol. The smallest absolute Gasteiger partial charge is 0.267 e. The second-order valence-electron chi connectivity index (χ2n) is 4.03. The van der Waals surface area contributed by atoms with Gasteiger partial charge in [0.15, 0.2) is 5.75 Å². The topological polar surface area (TPSA) is 31.4 Å². The van der Waals surface area contributed by atoms with Gasteiger partial charge in [0.05, 0.1) is 0 Å². The number of rotatable bonds is 4. The largest absolute Gasteiger partial charge is 0.452 e. The number of para-hydroxylation sites is 2. The zero-order chi connectivity index (χ0) is 13.6. The molecule has 0 bridgehead atoms. The predicted octanol–water partition coefficient (Wildman–Crippen LogP) is 5.25. The molecule has 0 aliphatic carbocycles. The molecule has 0 radical (unpaired) electrons. The molecular weight excluding hydrogens is 269 g/mol. The van der Waals surface area contributed by atoms with E-state index in [1.807, 2.05) is 72.5 Å². The summed E-state index contributed by atoms with van der Waals surface area (Å²) in [6, 6.07) is 21.0. The maximum Gasteiger partial charge on any atom is 0.267 e. The molecule has 0 spiro atoms. The van der Waals surface area contributed by atoms with Crippen molar-refractivity contribution in [1.82, 2.24) is 4.75 Å². The van der Waals surface area contributed by atoms with Crippen LogP contribution in [0, 0.1) is 0 Å². The van der Waals surface area contributed by atoms with Gasteiger partial charge in [-0.05, 0) is 36.1 Å². The van der Waals surface area contributed by atoms with Crippen molar-refractivity contribution >= 4 is 8.35 Å². The van der Waals surface area contributed by atoms with E-state index in [0.29, 0.717) is 11.6 Å². The van der Waals surface area contributed by atoms with Crippen molar-refractivity contribution in [2.24, 2.45) is 0 Å². The van der Waals surface area contributed by atoms with Gasteiger partial charge in [0.1, 0.15) is 11.5 Å². The first kappa shape index (κ1) is 12.6. The Bertz CT molecular complexity index is 614. The third kappa shape index (κ3) is 3.14. The normalized spacial score (nSPS) is 10.4. The lowest BCUT2D eigenvalue weighted by Gasteiger charge is -2.10. The minimum Gasteiger partial charge on any atom is -0.452 e. The van der Waals surface area contributed by atoms with E-state index in [2.05, 4.69) is 4.75 Å². The summed E-state index contributed by atoms with van der Waals surface area (Å²) in [4.78, 5) is 0. The molecule has 0 atom stereocenters. The van der Waals surface area contributed by atoms with Crippen molar-refractivity contribution in [3.63, 3.8) is 0 Å². The molecule has 4 heteroatoms. The molecule has 3 aromatic rings. The molecule has 0 saturated heterocycles. The molecule has 0 saturated carbocycles. The lowest BCUT2D eigenvalue weighted by Crippen LogP contribution is -1.91. The predicted molar refractivity (Wildman–Crippen MR) is 79.8 cm³/mol. The van der Waals surface area contributed by atoms with E-state index < -0.39 is 0 Å². The van der Waals surface area contributed by atoms with Crippen molar-refractivity contribution in [1.29, 1.82) is 0 Å². The van der Waals surface area contributed by atoms with E-state index in [4.69, 9.17) is 9.47 Å². The molecule has 3 nitrogen and oxygen atoms in total. The highest BCUT2D eigenvalue weighted by Crippen LogP contribution is 2.33. The van der Waals surface area contributed by atoms with Crippen LogP contribution in [-0.4, -0.2) is 4.75 Å². The van der Waals surface area contributed by atoms with Gasteiger partial charge in [-0.2, -0.15) is 4.75 Å². The quantitative estimate of drug-likeness (QED) is 0.654. The van der Waals surface area contributed by atoms with E-state index in [9.17, 15) is 0 Å². The van der Waals surface area contributed by atoms with Gasteiger partial charge in [0, 0.05) is 8.35 Å². The van der Waals surface area contributed by atoms with Crippen molar-refractivity contribution < 1.29 is 9.47 Å². The van der Waals surface area contributed by atoms with Gasteiger partial charge in [-0.1, -0.05) is 36.4 Å². The standard InChI is InChI=1S/C16H12NO2P/c1-3-7-13(8-4-1)18-15-11-12-20-17-16(15)19-14-9-5-2-6-10-14/h1-12H. The maximum absolute atomic E-state index is 5.81. The highest BCUT2D eigenvalue weighted by molar-refractivity contribution is 7.24. The number of hydrogen-bond donors (Lipinski definition) is 0. The second-order valence-corrected chi connectivity index (χ2v) is 4.76. The number of nitrogens with zero attached hydrogens (tertiary/aromatic N) is 1. The molecule has 0 aliphatic heterocycles. The summed E-state index contributed by atoms with van der Waals surface area (Å²) in [7, 11) is 0.840. The minimum absolute atomic E-state index is 0.490. The lowest BCUT2D eigenvalue weighted by atomic mass is 10.3. The van der Waals surface area contributed by atoms with Crippen molar-refractivity contribution in [2.45, 2.75) is 0 Å². The summed E-state index contributed by atoms with van der Waals surface area (Å²) < 4.78 is 15.9. The third-order valence-corrected chi connectivity index (χ3v) is 3.16. The van der Waals surface area contributed by atoms with Crippen LogP contribution in [0.4, 0.5) is 0 Å². The number of benzene rings is 2. The van der Waals surface area contributed by atoms with Crippen LogP contribution in [0.2, 0.25) is 0 Å². The summed E-state index contributed by atoms with van der Waals surface area (Å²) in [6.45, 7) is 0. The van der Waals surface area contributed by atoms with Gasteiger partial charge in [-0.15, -0.1) is 0 Å². The fourth-order valence-corrected chi connectivity index (χ4v) is 2.18. The lowest BCUT2D eigenvalue weighted by molar-refractivity contribution is 0.408. The van der Waals surface area contributed by atoms with E-state index in [1.54, 1.807) is 0 Å². The maximum atomic E-state index is 5.81. The molecule has 20 heavy (non-hydrogen) atoms. The Labute approximate surface area is 119 Å². The van der Waals surface area contributed by atoms with Crippen LogP contribution in [0.3, 0.4) is 0 Å². The highest BCUT2D eigenvalue weighted by atomic mass is 31.0. The van der Waals surface area contributed by atoms with Gasteiger partial charge < -0.3 is 9.47 Å². The van der Waals surface area contributed by atoms with Crippen molar-refractivity contribution in [2.75, 3.05) is 0 Å². The van der Waals surface area contributed by atoms with Crippen LogP contribution in [-0.2, 0) is 0 Å². The first-order chi connectivity index (χ1) is 9.92. The molecule has 0 amide bonds. The molecule has 0 fully saturated rings. The summed E-state index contributed by atoms with van der Waals surface area (Å²) in [5, 5.41) is 0. The van der Waals surface area contributed by atoms with E-state index in [-0.39, 0.29) is 0 Å². The molecule has 0 N–H and O–H groups in total. The zero-order valence-electron chi connectivity index (χ0n) is 10.6. The van der Waals surface area contributed by atoms with Gasteiger partial charge >= 0.3 is 0 Å². The van der Waals surface area contributed by atoms with Gasteiger partial charge in [-0.3, -0.25) is 0 Å². The molecule has 0 unspecified atom stereocenters. The van der Waals surface area contributed by atoms with Gasteiger partial charge in [0.2, 0.25) is 0 Å². The molecule has 1 aromatic heterocycles. The van der Waals surface area contributed by atoms with Gasteiger partial charge in [0.25, 0.3) is 5.88 Å². The Morgan fingerprint density at radius 3 is 1.95 bits per heavy atom. The molecular formula is C16H12NO2P. The monoisotopic (exact) mass is 281 g/mol. The number of aromatic nitrogens is 1. The van der Waals surface area contributed by atoms with Crippen LogP contribution < -0.4 is 9.47 Å². The summed E-state index contributed by atoms with van der Waals surface area (Å²) in [5.41, 5.74) is 0. The molecule has 3 rings (SSSR count). The summed E-state index contributed by atoms with van der Waals surface area (Å²) >= 11 is 0. The number of hydrogen-bond acceptors (Lipinski definition) is 3. The summed E-state index contributed by atoms with van der Waals surface area (Å²) in [5.74, 6) is 4.51. The first-order valence-corrected chi connectivity index (χ1v) is 7.11. The molecule has 2 aromatic carbocycles. The Hall–Kier alpha value is -2.38. The van der Waals surface area contributed by atoms with Crippen molar-refractivity contribution in [3.05, 3.63) is 72.5 Å². The fraction of sp³-hybridized carbons (Fsp3) is 0. The van der Waals surface area contributed by atoms with Crippen LogP contribution in [0.15, 0.2) is 72.5 Å². The molecule has 0 aliphatic rings. The van der Waals surface area contributed by atoms with Crippen molar-refractivity contribution in [3.8, 4) is 23.1 Å². The minimum atomic E-state index is 0.490. The second kappa shape index (κ2) is 6.18. The molecule has 98 valence electrons. The van der Waals surface area contributed by atoms with Crippen LogP contribution in [0.5, 0.6) is 23.1 Å². The fourth-order valence-electron chi connectivity index (χ4n) is 1.67. The average Bonchev–Trinajstić information content (AvgIpc) is 2.51. The van der Waals surface area contributed by atoms with Crippen LogP contribution >= 0.6 is 8.35 Å². The van der Waals surface area contributed by atoms with Crippen LogP contribution in [0.25, 0.3) is 0 Å². The number of ether oxygens (including phenoxy) is 2. The Balaban J connectivity index is 1.85. The Morgan fingerprint density at radius 1 is 0.700 bits per heavy atom. The van der Waals surface area contributed by atoms with Gasteiger partial charge in [-0.25, -0.2) is 0 Å². The summed E-state index contributed by atoms with van der Waals surface area (Å²) in [6.07, 6.45) is 0. The third-order valence-electron chi connectivity index (χ3n) is 2.58. The highest BCUT2D eigenvalue weighted by Gasteiger charge is 2.08. The first-order valence-electron chi connectivity index (χ1n) is 6.19. The van der Waals surface area contributed by atoms with E-state index in [1.165, 1.54) is 0 Å². The Kier molecular flexibility index (Phi) is 3.91. The van der Waals surface area contributed by atoms with E-state index >= 15 is 0 Å². The molecule has 1 heterocycles. The SMILES string of the molecule is c1ccc(Oc2ccpnc2Oc2ccccc2)cc1. The van der Waals surface area contributed by atoms with Crippen LogP contribution in [0.1, 0.15) is 0 Å². The Morgan fingerprint density at radius 2 is 1.30 bits per heavy atom.